The van der Waals surface area contributed by atoms with Crippen LogP contribution in [0.25, 0.3) is 0 Å². The van der Waals surface area contributed by atoms with Gasteiger partial charge < -0.3 is 58.4 Å². The van der Waals surface area contributed by atoms with Crippen molar-refractivity contribution in [2.45, 2.75) is 6.92 Å². The quantitative estimate of drug-likeness (QED) is 0.0958. The summed E-state index contributed by atoms with van der Waals surface area (Å²) in [5.41, 5.74) is 7.16. The van der Waals surface area contributed by atoms with Crippen molar-refractivity contribution < 1.29 is 52.2 Å². The van der Waals surface area contributed by atoms with Crippen LogP contribution in [0.2, 0.25) is 0 Å². The van der Waals surface area contributed by atoms with E-state index in [0.717, 1.165) is 5.69 Å². The second-order valence-corrected chi connectivity index (χ2v) is 9.34. The molecule has 0 aliphatic carbocycles. The molecule has 254 valence electrons. The lowest BCUT2D eigenvalue weighted by Crippen LogP contribution is -2.15. The zero-order valence-electron chi connectivity index (χ0n) is 26.4. The van der Waals surface area contributed by atoms with Gasteiger partial charge in [0, 0.05) is 12.6 Å². The molecule has 0 spiro atoms. The largest absolute Gasteiger partial charge is 0.491 e. The summed E-state index contributed by atoms with van der Waals surface area (Å²) in [5, 5.41) is 2.71. The Bertz CT molecular complexity index is 982. The zero-order valence-corrected chi connectivity index (χ0v) is 26.4. The number of anilines is 2. The van der Waals surface area contributed by atoms with Crippen molar-refractivity contribution in [2.75, 3.05) is 130 Å². The second-order valence-electron chi connectivity index (χ2n) is 9.34. The molecule has 3 N–H and O–H groups in total. The third kappa shape index (κ3) is 22.2. The normalized spacial score (nSPS) is 11.0. The highest BCUT2D eigenvalue weighted by Crippen LogP contribution is 2.19. The molecule has 0 saturated carbocycles. The van der Waals surface area contributed by atoms with Gasteiger partial charge in [0.2, 0.25) is 5.91 Å². The maximum Gasteiger partial charge on any atom is 0.221 e. The smallest absolute Gasteiger partial charge is 0.221 e. The number of para-hydroxylation sites is 2. The molecule has 0 aliphatic rings. The van der Waals surface area contributed by atoms with Gasteiger partial charge in [0.1, 0.15) is 24.7 Å². The molecule has 0 radical (unpaired) electrons. The molecule has 0 aromatic heterocycles. The van der Waals surface area contributed by atoms with Gasteiger partial charge in [-0.25, -0.2) is 0 Å². The van der Waals surface area contributed by atoms with Crippen molar-refractivity contribution in [2.24, 2.45) is 0 Å². The van der Waals surface area contributed by atoms with E-state index in [0.29, 0.717) is 136 Å². The van der Waals surface area contributed by atoms with Crippen molar-refractivity contribution >= 4 is 17.3 Å². The van der Waals surface area contributed by atoms with Crippen molar-refractivity contribution in [1.82, 2.24) is 0 Å². The monoisotopic (exact) mass is 638 g/mol. The summed E-state index contributed by atoms with van der Waals surface area (Å²) >= 11 is 0. The van der Waals surface area contributed by atoms with Crippen LogP contribution in [-0.4, -0.2) is 125 Å². The average Bonchev–Trinajstić information content (AvgIpc) is 3.03. The van der Waals surface area contributed by atoms with Crippen LogP contribution >= 0.6 is 0 Å². The summed E-state index contributed by atoms with van der Waals surface area (Å²) < 4.78 is 55.0. The van der Waals surface area contributed by atoms with Gasteiger partial charge in [0.15, 0.2) is 0 Å². The highest BCUT2D eigenvalue weighted by Gasteiger charge is 2.00. The van der Waals surface area contributed by atoms with E-state index in [4.69, 9.17) is 53.1 Å². The molecule has 45 heavy (non-hydrogen) atoms. The predicted octanol–water partition coefficient (Wildman–Crippen LogP) is 2.82. The average molecular weight is 639 g/mol. The van der Waals surface area contributed by atoms with Crippen molar-refractivity contribution in [1.29, 1.82) is 0 Å². The van der Waals surface area contributed by atoms with E-state index in [1.54, 1.807) is 30.3 Å². The number of nitrogens with two attached hydrogens (primary N) is 1. The first-order chi connectivity index (χ1) is 22.1. The first kappa shape index (κ1) is 38.2. The van der Waals surface area contributed by atoms with Crippen LogP contribution in [-0.2, 0) is 42.7 Å². The summed E-state index contributed by atoms with van der Waals surface area (Å²) in [4.78, 5) is 11.0. The van der Waals surface area contributed by atoms with Crippen LogP contribution in [0.3, 0.4) is 0 Å². The minimum atomic E-state index is -0.108. The Hall–Kier alpha value is -3.01. The molecular formula is C32H50N2O11. The maximum atomic E-state index is 11.0. The minimum absolute atomic E-state index is 0.108. The summed E-state index contributed by atoms with van der Waals surface area (Å²) in [6.07, 6.45) is 0. The summed E-state index contributed by atoms with van der Waals surface area (Å²) in [5.74, 6) is 1.27. The highest BCUT2D eigenvalue weighted by molar-refractivity contribution is 5.88. The SMILES string of the molecule is CC(=O)Nc1ccc(OCCOCCOCCOCCOCCOCCOCCOCCOCCOc2ccccc2N)cc1. The summed E-state index contributed by atoms with van der Waals surface area (Å²) in [6.45, 7) is 10.2. The molecule has 0 atom stereocenters. The first-order valence-electron chi connectivity index (χ1n) is 15.2. The topological polar surface area (TPSA) is 147 Å². The molecule has 0 heterocycles. The van der Waals surface area contributed by atoms with Crippen LogP contribution in [0.4, 0.5) is 11.4 Å². The number of carbonyl (C=O) groups excluding carboxylic acids is 1. The minimum Gasteiger partial charge on any atom is -0.491 e. The fourth-order valence-electron chi connectivity index (χ4n) is 3.52. The van der Waals surface area contributed by atoms with E-state index in [-0.39, 0.29) is 5.91 Å². The molecule has 2 aromatic carbocycles. The van der Waals surface area contributed by atoms with Crippen LogP contribution in [0.15, 0.2) is 48.5 Å². The van der Waals surface area contributed by atoms with Crippen LogP contribution < -0.4 is 20.5 Å². The maximum absolute atomic E-state index is 11.0. The van der Waals surface area contributed by atoms with E-state index < -0.39 is 0 Å². The lowest BCUT2D eigenvalue weighted by atomic mass is 10.3. The molecule has 2 aromatic rings. The number of hydrogen-bond acceptors (Lipinski definition) is 12. The first-order valence-corrected chi connectivity index (χ1v) is 15.2. The van der Waals surface area contributed by atoms with Crippen LogP contribution in [0, 0.1) is 0 Å². The molecular weight excluding hydrogens is 588 g/mol. The Balaban J connectivity index is 1.19. The fraction of sp³-hybridized carbons (Fsp3) is 0.594. The number of benzene rings is 2. The molecule has 2 rings (SSSR count). The van der Waals surface area contributed by atoms with Crippen molar-refractivity contribution in [3.63, 3.8) is 0 Å². The van der Waals surface area contributed by atoms with Gasteiger partial charge in [-0.15, -0.1) is 0 Å². The summed E-state index contributed by atoms with van der Waals surface area (Å²) in [7, 11) is 0. The van der Waals surface area contributed by atoms with E-state index in [1.165, 1.54) is 6.92 Å². The standard InChI is InChI=1S/C32H50N2O11/c1-28(35)34-29-6-8-30(9-7-29)44-26-24-42-22-20-40-18-16-38-14-12-36-10-11-37-13-15-39-17-19-41-21-23-43-25-27-45-32-5-3-2-4-31(32)33/h2-9H,10-27,33H2,1H3,(H,34,35). The Kier molecular flexibility index (Phi) is 23.2. The number of nitrogen functional groups attached to an aromatic ring is 1. The van der Waals surface area contributed by atoms with Crippen LogP contribution in [0.1, 0.15) is 6.92 Å². The fourth-order valence-corrected chi connectivity index (χ4v) is 3.52. The Morgan fingerprint density at radius 2 is 0.867 bits per heavy atom. The molecule has 0 aliphatic heterocycles. The molecule has 13 nitrogen and oxygen atoms in total. The summed E-state index contributed by atoms with van der Waals surface area (Å²) in [6, 6.07) is 14.5. The number of hydrogen-bond donors (Lipinski definition) is 2. The molecule has 13 heteroatoms. The lowest BCUT2D eigenvalue weighted by Gasteiger charge is -2.10. The van der Waals surface area contributed by atoms with E-state index in [1.807, 2.05) is 18.2 Å². The van der Waals surface area contributed by atoms with Crippen LogP contribution in [0.5, 0.6) is 11.5 Å². The Morgan fingerprint density at radius 1 is 0.511 bits per heavy atom. The van der Waals surface area contributed by atoms with Gasteiger partial charge in [-0.3, -0.25) is 4.79 Å². The van der Waals surface area contributed by atoms with E-state index in [9.17, 15) is 4.79 Å². The molecule has 1 amide bonds. The number of ether oxygens (including phenoxy) is 10. The van der Waals surface area contributed by atoms with Gasteiger partial charge in [0.05, 0.1) is 111 Å². The number of rotatable bonds is 30. The number of amides is 1. The molecule has 0 saturated heterocycles. The Morgan fingerprint density at radius 3 is 1.24 bits per heavy atom. The lowest BCUT2D eigenvalue weighted by molar-refractivity contribution is -0.114. The van der Waals surface area contributed by atoms with Crippen molar-refractivity contribution in [3.8, 4) is 11.5 Å². The third-order valence-corrected chi connectivity index (χ3v) is 5.68. The van der Waals surface area contributed by atoms with Gasteiger partial charge in [-0.05, 0) is 36.4 Å². The van der Waals surface area contributed by atoms with E-state index >= 15 is 0 Å². The predicted molar refractivity (Wildman–Crippen MR) is 169 cm³/mol. The van der Waals surface area contributed by atoms with Crippen molar-refractivity contribution in [3.05, 3.63) is 48.5 Å². The van der Waals surface area contributed by atoms with Gasteiger partial charge >= 0.3 is 0 Å². The van der Waals surface area contributed by atoms with E-state index in [2.05, 4.69) is 5.32 Å². The Labute approximate surface area is 266 Å². The molecule has 0 fully saturated rings. The third-order valence-electron chi connectivity index (χ3n) is 5.68. The van der Waals surface area contributed by atoms with Gasteiger partial charge in [0.25, 0.3) is 0 Å². The van der Waals surface area contributed by atoms with Gasteiger partial charge in [-0.2, -0.15) is 0 Å². The number of carbonyl (C=O) groups is 1. The molecule has 0 unspecified atom stereocenters. The zero-order chi connectivity index (χ0) is 32.0. The highest BCUT2D eigenvalue weighted by atomic mass is 16.6. The molecule has 0 bridgehead atoms. The number of nitrogens with one attached hydrogen (secondary N) is 1. The van der Waals surface area contributed by atoms with Gasteiger partial charge in [-0.1, -0.05) is 12.1 Å². The second kappa shape index (κ2) is 27.3.